The molecule has 0 unspecified atom stereocenters. The molecule has 2 heterocycles. The molecule has 1 fully saturated rings. The molecule has 1 saturated heterocycles. The highest BCUT2D eigenvalue weighted by Crippen LogP contribution is 2.26. The van der Waals surface area contributed by atoms with Crippen molar-refractivity contribution in [2.24, 2.45) is 0 Å². The summed E-state index contributed by atoms with van der Waals surface area (Å²) in [7, 11) is 0. The minimum absolute atomic E-state index is 0.515. The van der Waals surface area contributed by atoms with Crippen LogP contribution in [0.25, 0.3) is 10.9 Å². The molecule has 1 aromatic carbocycles. The summed E-state index contributed by atoms with van der Waals surface area (Å²) < 4.78 is 7.58. The number of hydrogen-bond donors (Lipinski definition) is 0. The van der Waals surface area contributed by atoms with E-state index in [2.05, 4.69) is 29.8 Å². The van der Waals surface area contributed by atoms with E-state index in [-0.39, 0.29) is 0 Å². The first-order valence-electron chi connectivity index (χ1n) is 5.88. The van der Waals surface area contributed by atoms with Gasteiger partial charge in [0, 0.05) is 24.3 Å². The molecule has 0 amide bonds. The number of rotatable bonds is 1. The summed E-state index contributed by atoms with van der Waals surface area (Å²) >= 11 is 0. The first-order valence-corrected chi connectivity index (χ1v) is 5.88. The molecule has 3 nitrogen and oxygen atoms in total. The third-order valence-corrected chi connectivity index (χ3v) is 3.39. The number of hydrogen-bond acceptors (Lipinski definition) is 2. The lowest BCUT2D eigenvalue weighted by Crippen LogP contribution is -2.21. The second kappa shape index (κ2) is 3.91. The van der Waals surface area contributed by atoms with Crippen molar-refractivity contribution in [1.82, 2.24) is 9.78 Å². The van der Waals surface area contributed by atoms with Crippen molar-refractivity contribution >= 4 is 10.9 Å². The fraction of sp³-hybridized carbons (Fsp3) is 0.462. The van der Waals surface area contributed by atoms with E-state index in [1.165, 1.54) is 11.1 Å². The van der Waals surface area contributed by atoms with Gasteiger partial charge < -0.3 is 4.74 Å². The third kappa shape index (κ3) is 1.52. The Bertz CT molecular complexity index is 498. The Morgan fingerprint density at radius 3 is 2.75 bits per heavy atom. The molecule has 0 bridgehead atoms. The van der Waals surface area contributed by atoms with Crippen LogP contribution in [0, 0.1) is 6.92 Å². The van der Waals surface area contributed by atoms with Crippen LogP contribution in [0.2, 0.25) is 0 Å². The van der Waals surface area contributed by atoms with Gasteiger partial charge in [0.1, 0.15) is 0 Å². The SMILES string of the molecule is Cc1c2ccccc2nn1C1CCOCC1. The maximum absolute atomic E-state index is 5.39. The molecular formula is C13H16N2O. The van der Waals surface area contributed by atoms with Gasteiger partial charge >= 0.3 is 0 Å². The fourth-order valence-corrected chi connectivity index (χ4v) is 2.47. The van der Waals surface area contributed by atoms with Gasteiger partial charge in [-0.05, 0) is 25.8 Å². The molecule has 2 aromatic rings. The molecule has 16 heavy (non-hydrogen) atoms. The number of benzene rings is 1. The smallest absolute Gasteiger partial charge is 0.0926 e. The van der Waals surface area contributed by atoms with E-state index >= 15 is 0 Å². The normalized spacial score (nSPS) is 18.1. The van der Waals surface area contributed by atoms with Crippen molar-refractivity contribution in [3.05, 3.63) is 30.0 Å². The molecule has 1 aliphatic heterocycles. The van der Waals surface area contributed by atoms with E-state index < -0.39 is 0 Å². The van der Waals surface area contributed by atoms with Gasteiger partial charge in [0.2, 0.25) is 0 Å². The summed E-state index contributed by atoms with van der Waals surface area (Å²) in [4.78, 5) is 0. The van der Waals surface area contributed by atoms with Crippen LogP contribution in [0.15, 0.2) is 24.3 Å². The second-order valence-electron chi connectivity index (χ2n) is 4.39. The van der Waals surface area contributed by atoms with Crippen LogP contribution in [0.1, 0.15) is 24.6 Å². The van der Waals surface area contributed by atoms with Gasteiger partial charge in [-0.2, -0.15) is 5.10 Å². The first-order chi connectivity index (χ1) is 7.86. The topological polar surface area (TPSA) is 27.1 Å². The van der Waals surface area contributed by atoms with E-state index in [0.29, 0.717) is 6.04 Å². The van der Waals surface area contributed by atoms with Gasteiger partial charge in [-0.1, -0.05) is 18.2 Å². The van der Waals surface area contributed by atoms with E-state index in [4.69, 9.17) is 9.84 Å². The third-order valence-electron chi connectivity index (χ3n) is 3.39. The van der Waals surface area contributed by atoms with Gasteiger partial charge in [0.25, 0.3) is 0 Å². The van der Waals surface area contributed by atoms with Crippen molar-refractivity contribution in [3.8, 4) is 0 Å². The lowest BCUT2D eigenvalue weighted by molar-refractivity contribution is 0.0659. The monoisotopic (exact) mass is 216 g/mol. The van der Waals surface area contributed by atoms with Gasteiger partial charge in [-0.3, -0.25) is 4.68 Å². The Morgan fingerprint density at radius 1 is 1.25 bits per heavy atom. The van der Waals surface area contributed by atoms with Crippen LogP contribution in [0.4, 0.5) is 0 Å². The van der Waals surface area contributed by atoms with Gasteiger partial charge in [0.05, 0.1) is 11.6 Å². The molecule has 0 saturated carbocycles. The van der Waals surface area contributed by atoms with E-state index in [0.717, 1.165) is 31.6 Å². The minimum atomic E-state index is 0.515. The van der Waals surface area contributed by atoms with Crippen molar-refractivity contribution in [1.29, 1.82) is 0 Å². The molecule has 0 radical (unpaired) electrons. The van der Waals surface area contributed by atoms with E-state index in [1.807, 2.05) is 6.07 Å². The summed E-state index contributed by atoms with van der Waals surface area (Å²) in [5, 5.41) is 5.97. The number of fused-ring (bicyclic) bond motifs is 1. The molecule has 0 spiro atoms. The zero-order chi connectivity index (χ0) is 11.0. The van der Waals surface area contributed by atoms with Crippen LogP contribution in [-0.2, 0) is 4.74 Å². The number of nitrogens with zero attached hydrogens (tertiary/aromatic N) is 2. The van der Waals surface area contributed by atoms with Crippen molar-refractivity contribution in [3.63, 3.8) is 0 Å². The number of aryl methyl sites for hydroxylation is 1. The zero-order valence-corrected chi connectivity index (χ0v) is 9.52. The summed E-state index contributed by atoms with van der Waals surface area (Å²) in [5.41, 5.74) is 2.38. The molecular weight excluding hydrogens is 200 g/mol. The maximum atomic E-state index is 5.39. The highest BCUT2D eigenvalue weighted by atomic mass is 16.5. The molecule has 3 rings (SSSR count). The molecule has 0 N–H and O–H groups in total. The van der Waals surface area contributed by atoms with Crippen molar-refractivity contribution in [2.45, 2.75) is 25.8 Å². The van der Waals surface area contributed by atoms with Crippen molar-refractivity contribution in [2.75, 3.05) is 13.2 Å². The quantitative estimate of drug-likeness (QED) is 0.732. The molecule has 1 aromatic heterocycles. The predicted octanol–water partition coefficient (Wildman–Crippen LogP) is 2.70. The number of aromatic nitrogens is 2. The largest absolute Gasteiger partial charge is 0.381 e. The van der Waals surface area contributed by atoms with E-state index in [9.17, 15) is 0 Å². The van der Waals surface area contributed by atoms with Crippen LogP contribution < -0.4 is 0 Å². The summed E-state index contributed by atoms with van der Waals surface area (Å²) in [6.07, 6.45) is 2.16. The van der Waals surface area contributed by atoms with Crippen molar-refractivity contribution < 1.29 is 4.74 Å². The Morgan fingerprint density at radius 2 is 2.00 bits per heavy atom. The zero-order valence-electron chi connectivity index (χ0n) is 9.52. The van der Waals surface area contributed by atoms with Gasteiger partial charge in [-0.25, -0.2) is 0 Å². The predicted molar refractivity (Wildman–Crippen MR) is 63.6 cm³/mol. The standard InChI is InChI=1S/C13H16N2O/c1-10-12-4-2-3-5-13(12)14-15(10)11-6-8-16-9-7-11/h2-5,11H,6-9H2,1H3. The lowest BCUT2D eigenvalue weighted by Gasteiger charge is -2.23. The Hall–Kier alpha value is -1.35. The molecule has 0 atom stereocenters. The molecule has 84 valence electrons. The minimum Gasteiger partial charge on any atom is -0.381 e. The van der Waals surface area contributed by atoms with Crippen LogP contribution in [-0.4, -0.2) is 23.0 Å². The maximum Gasteiger partial charge on any atom is 0.0926 e. The Labute approximate surface area is 95.0 Å². The highest BCUT2D eigenvalue weighted by Gasteiger charge is 2.19. The molecule has 0 aliphatic carbocycles. The van der Waals surface area contributed by atoms with Gasteiger partial charge in [-0.15, -0.1) is 0 Å². The molecule has 1 aliphatic rings. The van der Waals surface area contributed by atoms with Crippen LogP contribution in [0.3, 0.4) is 0 Å². The average molecular weight is 216 g/mol. The van der Waals surface area contributed by atoms with Crippen LogP contribution >= 0.6 is 0 Å². The summed E-state index contributed by atoms with van der Waals surface area (Å²) in [6.45, 7) is 3.88. The van der Waals surface area contributed by atoms with E-state index in [1.54, 1.807) is 0 Å². The number of ether oxygens (including phenoxy) is 1. The average Bonchev–Trinajstić information content (AvgIpc) is 2.69. The Kier molecular flexibility index (Phi) is 2.40. The lowest BCUT2D eigenvalue weighted by atomic mass is 10.1. The summed E-state index contributed by atoms with van der Waals surface area (Å²) in [6, 6.07) is 8.86. The fourth-order valence-electron chi connectivity index (χ4n) is 2.47. The van der Waals surface area contributed by atoms with Crippen LogP contribution in [0.5, 0.6) is 0 Å². The Balaban J connectivity index is 2.05. The summed E-state index contributed by atoms with van der Waals surface area (Å²) in [5.74, 6) is 0. The highest BCUT2D eigenvalue weighted by molar-refractivity contribution is 5.81. The first kappa shape index (κ1) is 9.85. The molecule has 3 heteroatoms. The van der Waals surface area contributed by atoms with Gasteiger partial charge in [0.15, 0.2) is 0 Å². The second-order valence-corrected chi connectivity index (χ2v) is 4.39.